The van der Waals surface area contributed by atoms with Gasteiger partial charge in [-0.05, 0) is 37.0 Å². The SMILES string of the molecule is CCCCCCc1ccc(N(C)c2nc(OCCC)ncc2C(F)(F)F)cc1. The van der Waals surface area contributed by atoms with E-state index in [4.69, 9.17) is 4.74 Å². The second-order valence-corrected chi connectivity index (χ2v) is 6.77. The van der Waals surface area contributed by atoms with Gasteiger partial charge in [-0.15, -0.1) is 0 Å². The van der Waals surface area contributed by atoms with Crippen molar-refractivity contribution in [2.24, 2.45) is 0 Å². The smallest absolute Gasteiger partial charge is 0.421 e. The molecule has 0 bridgehead atoms. The van der Waals surface area contributed by atoms with Gasteiger partial charge in [0.15, 0.2) is 5.82 Å². The van der Waals surface area contributed by atoms with Gasteiger partial charge in [0.1, 0.15) is 5.56 Å². The Hall–Kier alpha value is -2.31. The van der Waals surface area contributed by atoms with Crippen LogP contribution in [0.5, 0.6) is 6.01 Å². The number of anilines is 2. The number of hydrogen-bond acceptors (Lipinski definition) is 4. The van der Waals surface area contributed by atoms with E-state index >= 15 is 0 Å². The Morgan fingerprint density at radius 1 is 1.00 bits per heavy atom. The lowest BCUT2D eigenvalue weighted by Gasteiger charge is -2.22. The molecule has 154 valence electrons. The molecule has 0 aliphatic carbocycles. The van der Waals surface area contributed by atoms with Gasteiger partial charge in [0.25, 0.3) is 0 Å². The van der Waals surface area contributed by atoms with Gasteiger partial charge in [0.05, 0.1) is 6.61 Å². The molecular weight excluding hydrogens is 367 g/mol. The maximum Gasteiger partial charge on any atom is 0.421 e. The zero-order valence-electron chi connectivity index (χ0n) is 16.7. The molecule has 2 aromatic rings. The number of hydrogen-bond donors (Lipinski definition) is 0. The molecule has 0 saturated carbocycles. The second kappa shape index (κ2) is 10.3. The molecular formula is C21H28F3N3O. The van der Waals surface area contributed by atoms with Crippen LogP contribution in [0.3, 0.4) is 0 Å². The molecule has 0 radical (unpaired) electrons. The summed E-state index contributed by atoms with van der Waals surface area (Å²) in [6, 6.07) is 7.51. The van der Waals surface area contributed by atoms with Crippen molar-refractivity contribution in [3.05, 3.63) is 41.6 Å². The fourth-order valence-corrected chi connectivity index (χ4v) is 2.84. The molecule has 0 amide bonds. The van der Waals surface area contributed by atoms with Gasteiger partial charge < -0.3 is 9.64 Å². The third kappa shape index (κ3) is 6.11. The van der Waals surface area contributed by atoms with Gasteiger partial charge in [-0.2, -0.15) is 18.2 Å². The van der Waals surface area contributed by atoms with Crippen molar-refractivity contribution in [1.29, 1.82) is 0 Å². The van der Waals surface area contributed by atoms with Crippen molar-refractivity contribution in [2.75, 3.05) is 18.6 Å². The summed E-state index contributed by atoms with van der Waals surface area (Å²) < 4.78 is 45.6. The van der Waals surface area contributed by atoms with Crippen LogP contribution in [-0.4, -0.2) is 23.6 Å². The predicted molar refractivity (Wildman–Crippen MR) is 105 cm³/mol. The van der Waals surface area contributed by atoms with Crippen molar-refractivity contribution in [1.82, 2.24) is 9.97 Å². The van der Waals surface area contributed by atoms with Gasteiger partial charge in [-0.25, -0.2) is 4.98 Å². The molecule has 2 rings (SSSR count). The van der Waals surface area contributed by atoms with Crippen LogP contribution in [0.15, 0.2) is 30.5 Å². The Labute approximate surface area is 164 Å². The topological polar surface area (TPSA) is 38.2 Å². The molecule has 0 N–H and O–H groups in total. The third-order valence-electron chi connectivity index (χ3n) is 4.45. The van der Waals surface area contributed by atoms with Crippen LogP contribution in [0.4, 0.5) is 24.7 Å². The van der Waals surface area contributed by atoms with Gasteiger partial charge in [0, 0.05) is 18.9 Å². The van der Waals surface area contributed by atoms with E-state index in [0.29, 0.717) is 12.3 Å². The summed E-state index contributed by atoms with van der Waals surface area (Å²) in [6.45, 7) is 4.42. The quantitative estimate of drug-likeness (QED) is 0.451. The van der Waals surface area contributed by atoms with Crippen molar-refractivity contribution < 1.29 is 17.9 Å². The minimum atomic E-state index is -4.55. The molecule has 1 aromatic carbocycles. The van der Waals surface area contributed by atoms with E-state index in [-0.39, 0.29) is 11.8 Å². The highest BCUT2D eigenvalue weighted by Crippen LogP contribution is 2.37. The molecule has 0 saturated heterocycles. The number of rotatable bonds is 10. The average Bonchev–Trinajstić information content (AvgIpc) is 2.68. The van der Waals surface area contributed by atoms with E-state index in [9.17, 15) is 13.2 Å². The lowest BCUT2D eigenvalue weighted by Crippen LogP contribution is -2.19. The van der Waals surface area contributed by atoms with Crippen molar-refractivity contribution in [3.8, 4) is 6.01 Å². The zero-order valence-corrected chi connectivity index (χ0v) is 16.7. The molecule has 0 aliphatic heterocycles. The van der Waals surface area contributed by atoms with Crippen molar-refractivity contribution in [3.63, 3.8) is 0 Å². The molecule has 4 nitrogen and oxygen atoms in total. The summed E-state index contributed by atoms with van der Waals surface area (Å²) in [7, 11) is 1.57. The molecule has 28 heavy (non-hydrogen) atoms. The number of halogens is 3. The van der Waals surface area contributed by atoms with Crippen molar-refractivity contribution >= 4 is 11.5 Å². The first-order valence-corrected chi connectivity index (χ1v) is 9.76. The van der Waals surface area contributed by atoms with Crippen LogP contribution in [0, 0.1) is 0 Å². The Balaban J connectivity index is 2.22. The van der Waals surface area contributed by atoms with E-state index in [0.717, 1.165) is 25.5 Å². The minimum absolute atomic E-state index is 0.0516. The fraction of sp³-hybridized carbons (Fsp3) is 0.524. The molecule has 1 heterocycles. The number of benzene rings is 1. The van der Waals surface area contributed by atoms with Gasteiger partial charge in [0.2, 0.25) is 0 Å². The average molecular weight is 395 g/mol. The van der Waals surface area contributed by atoms with Gasteiger partial charge in [-0.1, -0.05) is 45.2 Å². The van der Waals surface area contributed by atoms with Crippen molar-refractivity contribution in [2.45, 2.75) is 58.5 Å². The van der Waals surface area contributed by atoms with E-state index < -0.39 is 11.7 Å². The summed E-state index contributed by atoms with van der Waals surface area (Å²) in [5.41, 5.74) is 0.921. The number of aryl methyl sites for hydroxylation is 1. The molecule has 0 unspecified atom stereocenters. The first kappa shape index (κ1) is 22.0. The number of aromatic nitrogens is 2. The predicted octanol–water partition coefficient (Wildman–Crippen LogP) is 6.17. The maximum absolute atomic E-state index is 13.4. The molecule has 0 fully saturated rings. The first-order chi connectivity index (χ1) is 13.4. The maximum atomic E-state index is 13.4. The van der Waals surface area contributed by atoms with E-state index in [1.165, 1.54) is 29.7 Å². The van der Waals surface area contributed by atoms with Crippen LogP contribution < -0.4 is 9.64 Å². The highest BCUT2D eigenvalue weighted by Gasteiger charge is 2.36. The van der Waals surface area contributed by atoms with E-state index in [1.807, 2.05) is 31.2 Å². The van der Waals surface area contributed by atoms with E-state index in [2.05, 4.69) is 16.9 Å². The first-order valence-electron chi connectivity index (χ1n) is 9.76. The summed E-state index contributed by atoms with van der Waals surface area (Å²) in [5, 5.41) is 0. The monoisotopic (exact) mass is 395 g/mol. The molecule has 7 heteroatoms. The van der Waals surface area contributed by atoms with Gasteiger partial charge in [-0.3, -0.25) is 0 Å². The number of unbranched alkanes of at least 4 members (excludes halogenated alkanes) is 3. The lowest BCUT2D eigenvalue weighted by molar-refractivity contribution is -0.137. The minimum Gasteiger partial charge on any atom is -0.463 e. The lowest BCUT2D eigenvalue weighted by atomic mass is 10.1. The van der Waals surface area contributed by atoms with Gasteiger partial charge >= 0.3 is 12.2 Å². The summed E-state index contributed by atoms with van der Waals surface area (Å²) >= 11 is 0. The molecule has 1 aromatic heterocycles. The highest BCUT2D eigenvalue weighted by atomic mass is 19.4. The number of ether oxygens (including phenoxy) is 1. The van der Waals surface area contributed by atoms with Crippen LogP contribution in [0.1, 0.15) is 57.1 Å². The summed E-state index contributed by atoms with van der Waals surface area (Å²) in [5.74, 6) is -0.218. The fourth-order valence-electron chi connectivity index (χ4n) is 2.84. The highest BCUT2D eigenvalue weighted by molar-refractivity contribution is 5.63. The van der Waals surface area contributed by atoms with Crippen LogP contribution >= 0.6 is 0 Å². The van der Waals surface area contributed by atoms with Crippen LogP contribution in [-0.2, 0) is 12.6 Å². The summed E-state index contributed by atoms with van der Waals surface area (Å²) in [4.78, 5) is 9.14. The normalized spacial score (nSPS) is 11.5. The second-order valence-electron chi connectivity index (χ2n) is 6.77. The largest absolute Gasteiger partial charge is 0.463 e. The van der Waals surface area contributed by atoms with Crippen LogP contribution in [0.2, 0.25) is 0 Å². The van der Waals surface area contributed by atoms with E-state index in [1.54, 1.807) is 7.05 Å². The Kier molecular flexibility index (Phi) is 8.08. The zero-order chi connectivity index (χ0) is 20.6. The Bertz CT molecular complexity index is 733. The standard InChI is InChI=1S/C21H28F3N3O/c1-4-6-7-8-9-16-10-12-17(13-11-16)27(3)19-18(21(22,23)24)15-25-20(26-19)28-14-5-2/h10-13,15H,4-9,14H2,1-3H3. The molecule has 0 aliphatic rings. The third-order valence-corrected chi connectivity index (χ3v) is 4.45. The number of alkyl halides is 3. The molecule has 0 spiro atoms. The molecule has 0 atom stereocenters. The Morgan fingerprint density at radius 3 is 2.32 bits per heavy atom. The number of nitrogens with zero attached hydrogens (tertiary/aromatic N) is 3. The van der Waals surface area contributed by atoms with Crippen LogP contribution in [0.25, 0.3) is 0 Å². The summed E-state index contributed by atoms with van der Waals surface area (Å²) in [6.07, 6.45) is 2.64. The Morgan fingerprint density at radius 2 is 1.71 bits per heavy atom.